The second-order valence-electron chi connectivity index (χ2n) is 1.73. The summed E-state index contributed by atoms with van der Waals surface area (Å²) >= 11 is 0.473. The molecular formula is C4H8BrCdNO2-. The molecule has 0 N–H and O–H groups in total. The summed E-state index contributed by atoms with van der Waals surface area (Å²) in [4.78, 5) is 9.77. The zero-order valence-corrected chi connectivity index (χ0v) is 11.0. The Bertz CT molecular complexity index is 90.6. The van der Waals surface area contributed by atoms with Crippen molar-refractivity contribution in [2.75, 3.05) is 0 Å². The molecular weight excluding hydrogens is 286 g/mol. The summed E-state index contributed by atoms with van der Waals surface area (Å²) in [7, 11) is 0. The molecule has 0 radical (unpaired) electrons. The van der Waals surface area contributed by atoms with Crippen LogP contribution in [0.4, 0.5) is 0 Å². The fourth-order valence-corrected chi connectivity index (χ4v) is 1.60. The molecule has 5 heteroatoms. The summed E-state index contributed by atoms with van der Waals surface area (Å²) < 4.78 is -0.191. The Hall–Kier alpha value is 0.802. The fourth-order valence-electron chi connectivity index (χ4n) is 0.439. The Morgan fingerprint density at radius 2 is 2.22 bits per heavy atom. The Morgan fingerprint density at radius 3 is 2.33 bits per heavy atom. The first kappa shape index (κ1) is 12.5. The zero-order chi connectivity index (χ0) is 6.57. The van der Waals surface area contributed by atoms with E-state index in [1.54, 1.807) is 0 Å². The van der Waals surface area contributed by atoms with Gasteiger partial charge < -0.3 is 17.0 Å². The van der Waals surface area contributed by atoms with Crippen molar-refractivity contribution in [2.24, 2.45) is 0 Å². The molecule has 9 heavy (non-hydrogen) atoms. The van der Waals surface area contributed by atoms with E-state index in [1.807, 2.05) is 6.92 Å². The summed E-state index contributed by atoms with van der Waals surface area (Å²) in [5.41, 5.74) is 0. The van der Waals surface area contributed by atoms with E-state index in [1.165, 1.54) is 0 Å². The Balaban J connectivity index is 0. The predicted molar refractivity (Wildman–Crippen MR) is 25.7 cm³/mol. The number of hydrogen-bond acceptors (Lipinski definition) is 2. The van der Waals surface area contributed by atoms with Gasteiger partial charge in [0.1, 0.15) is 0 Å². The Morgan fingerprint density at radius 1 is 1.78 bits per heavy atom. The maximum Gasteiger partial charge on any atom is -1.00 e. The number of nitro groups is 1. The molecule has 0 aliphatic heterocycles. The molecule has 0 aromatic heterocycles. The molecule has 0 saturated heterocycles. The molecule has 3 nitrogen and oxygen atoms in total. The normalized spacial score (nSPS) is 11.9. The van der Waals surface area contributed by atoms with Crippen LogP contribution in [0.15, 0.2) is 0 Å². The second kappa shape index (κ2) is 6.92. The summed E-state index contributed by atoms with van der Waals surface area (Å²) in [5.74, 6) is 0. The predicted octanol–water partition coefficient (Wildman–Crippen LogP) is -2.06. The summed E-state index contributed by atoms with van der Waals surface area (Å²) in [6.45, 7) is 1.97. The number of hydrogen-bond donors (Lipinski definition) is 0. The van der Waals surface area contributed by atoms with Crippen LogP contribution in [-0.4, -0.2) is 8.52 Å². The van der Waals surface area contributed by atoms with Crippen molar-refractivity contribution >= 4 is 0 Å². The number of halogens is 1. The van der Waals surface area contributed by atoms with Crippen LogP contribution < -0.4 is 17.0 Å². The minimum atomic E-state index is -0.191. The average Bonchev–Trinajstić information content (AvgIpc) is 1.67. The quantitative estimate of drug-likeness (QED) is 0.341. The first-order valence-corrected chi connectivity index (χ1v) is 4.98. The molecule has 0 fully saturated rings. The van der Waals surface area contributed by atoms with Crippen LogP contribution in [0.1, 0.15) is 19.8 Å². The van der Waals surface area contributed by atoms with Gasteiger partial charge in [0, 0.05) is 0 Å². The van der Waals surface area contributed by atoms with Crippen molar-refractivity contribution in [3.05, 3.63) is 10.1 Å². The van der Waals surface area contributed by atoms with Gasteiger partial charge in [-0.05, 0) is 0 Å². The fraction of sp³-hybridized carbons (Fsp3) is 1.00. The van der Waals surface area contributed by atoms with Crippen molar-refractivity contribution in [3.8, 4) is 0 Å². The van der Waals surface area contributed by atoms with Gasteiger partial charge in [-0.25, -0.2) is 0 Å². The van der Waals surface area contributed by atoms with E-state index in [2.05, 4.69) is 0 Å². The minimum Gasteiger partial charge on any atom is -1.00 e. The molecule has 0 rings (SSSR count). The van der Waals surface area contributed by atoms with E-state index in [-0.39, 0.29) is 25.5 Å². The van der Waals surface area contributed by atoms with Crippen LogP contribution in [0.25, 0.3) is 0 Å². The third-order valence-electron chi connectivity index (χ3n) is 0.920. The summed E-state index contributed by atoms with van der Waals surface area (Å²) in [6, 6.07) is 0. The van der Waals surface area contributed by atoms with E-state index >= 15 is 0 Å². The van der Waals surface area contributed by atoms with E-state index < -0.39 is 0 Å². The van der Waals surface area contributed by atoms with E-state index in [0.717, 1.165) is 12.8 Å². The van der Waals surface area contributed by atoms with Gasteiger partial charge in [-0.3, -0.25) is 0 Å². The molecule has 0 aromatic rings. The largest absolute Gasteiger partial charge is 1.00 e. The van der Waals surface area contributed by atoms with Gasteiger partial charge in [0.05, 0.1) is 0 Å². The zero-order valence-electron chi connectivity index (χ0n) is 5.34. The first-order chi connectivity index (χ1) is 3.68. The van der Waals surface area contributed by atoms with Crippen LogP contribution in [-0.2, 0) is 25.8 Å². The Kier molecular flexibility index (Phi) is 9.59. The van der Waals surface area contributed by atoms with E-state index in [4.69, 9.17) is 0 Å². The van der Waals surface area contributed by atoms with Crippen LogP contribution in [0.2, 0.25) is 0 Å². The first-order valence-electron chi connectivity index (χ1n) is 2.65. The number of rotatable bonds is 3. The molecule has 1 unspecified atom stereocenters. The van der Waals surface area contributed by atoms with Crippen molar-refractivity contribution in [2.45, 2.75) is 23.4 Å². The molecule has 51 valence electrons. The van der Waals surface area contributed by atoms with Crippen molar-refractivity contribution in [1.82, 2.24) is 0 Å². The van der Waals surface area contributed by atoms with Crippen LogP contribution in [0.5, 0.6) is 0 Å². The standard InChI is InChI=1S/C4H8NO2.BrH.Cd/c1-2-3-4-5(6)7;;/h4H,2-3H2,1H3;1H;/p-1. The Labute approximate surface area is 80.8 Å². The molecule has 0 aliphatic carbocycles. The van der Waals surface area contributed by atoms with Crippen molar-refractivity contribution in [1.29, 1.82) is 0 Å². The maximum atomic E-state index is 9.94. The van der Waals surface area contributed by atoms with Crippen LogP contribution in [0.3, 0.4) is 0 Å². The monoisotopic (exact) mass is 295 g/mol. The molecule has 0 aromatic carbocycles. The maximum absolute atomic E-state index is 9.94. The molecule has 0 heterocycles. The van der Waals surface area contributed by atoms with Gasteiger partial charge in [0.15, 0.2) is 0 Å². The molecule has 0 amide bonds. The molecule has 1 atom stereocenters. The van der Waals surface area contributed by atoms with Crippen molar-refractivity contribution in [3.63, 3.8) is 0 Å². The second-order valence-corrected chi connectivity index (χ2v) is 4.42. The topological polar surface area (TPSA) is 43.1 Å². The SMILES string of the molecule is CCC[CH]([Cd])[N+](=O)[O-].[Br-]. The van der Waals surface area contributed by atoms with Gasteiger partial charge >= 0.3 is 64.2 Å². The molecule has 0 saturated carbocycles. The van der Waals surface area contributed by atoms with Crippen LogP contribution >= 0.6 is 0 Å². The van der Waals surface area contributed by atoms with Gasteiger partial charge in [-0.1, -0.05) is 0 Å². The van der Waals surface area contributed by atoms with Gasteiger partial charge in [-0.15, -0.1) is 0 Å². The van der Waals surface area contributed by atoms with Crippen molar-refractivity contribution < 1.29 is 47.7 Å². The van der Waals surface area contributed by atoms with Gasteiger partial charge in [-0.2, -0.15) is 0 Å². The third kappa shape index (κ3) is 6.69. The molecule has 0 bridgehead atoms. The molecule has 0 aliphatic rings. The minimum absolute atomic E-state index is 0. The van der Waals surface area contributed by atoms with E-state index in [9.17, 15) is 10.1 Å². The van der Waals surface area contributed by atoms with Crippen LogP contribution in [0, 0.1) is 10.1 Å². The summed E-state index contributed by atoms with van der Waals surface area (Å²) in [5, 5.41) is 9.94. The number of nitrogens with zero attached hydrogens (tertiary/aromatic N) is 1. The smallest absolute Gasteiger partial charge is 1.00 e. The third-order valence-corrected chi connectivity index (χ3v) is 2.94. The average molecular weight is 294 g/mol. The molecule has 0 spiro atoms. The summed E-state index contributed by atoms with van der Waals surface area (Å²) in [6.07, 6.45) is 1.70. The van der Waals surface area contributed by atoms with Gasteiger partial charge in [0.25, 0.3) is 0 Å². The van der Waals surface area contributed by atoms with E-state index in [0.29, 0.717) is 25.8 Å². The van der Waals surface area contributed by atoms with Gasteiger partial charge in [0.2, 0.25) is 0 Å².